The second-order valence-corrected chi connectivity index (χ2v) is 9.42. The van der Waals surface area contributed by atoms with Crippen molar-refractivity contribution in [1.82, 2.24) is 34.0 Å². The molecule has 6 heterocycles. The van der Waals surface area contributed by atoms with Crippen molar-refractivity contribution in [2.24, 2.45) is 9.98 Å². The SMILES string of the molecule is [2H]c1cc(-c2ccc3nc(C)n(CC(F)F)c3n2)c2c(=NC)[nH]c(=N[C@@H]3CCN(C4COC4)C[C@@H]3F)[nH]n12. The molecule has 10 nitrogen and oxygen atoms in total. The quantitative estimate of drug-likeness (QED) is 0.422. The van der Waals surface area contributed by atoms with Gasteiger partial charge in [-0.05, 0) is 31.5 Å². The van der Waals surface area contributed by atoms with Crippen LogP contribution in [0.2, 0.25) is 0 Å². The molecule has 2 aliphatic rings. The molecule has 2 aliphatic heterocycles. The molecule has 37 heavy (non-hydrogen) atoms. The van der Waals surface area contributed by atoms with Crippen molar-refractivity contribution < 1.29 is 19.3 Å². The van der Waals surface area contributed by atoms with Crippen LogP contribution in [-0.2, 0) is 11.3 Å². The molecule has 4 aromatic heterocycles. The number of hydrogen-bond donors (Lipinski definition) is 2. The minimum Gasteiger partial charge on any atom is -0.378 e. The van der Waals surface area contributed by atoms with Gasteiger partial charge in [-0.3, -0.25) is 19.5 Å². The highest BCUT2D eigenvalue weighted by Gasteiger charge is 2.35. The predicted molar refractivity (Wildman–Crippen MR) is 130 cm³/mol. The molecule has 0 saturated carbocycles. The predicted octanol–water partition coefficient (Wildman–Crippen LogP) is 1.82. The number of hydrogen-bond acceptors (Lipinski definition) is 6. The molecule has 4 aromatic rings. The number of aryl methyl sites for hydroxylation is 1. The van der Waals surface area contributed by atoms with Gasteiger partial charge in [0, 0.05) is 31.9 Å². The van der Waals surface area contributed by atoms with Crippen LogP contribution in [0.5, 0.6) is 0 Å². The number of aromatic nitrogens is 6. The third-order valence-electron chi connectivity index (χ3n) is 7.07. The molecule has 0 amide bonds. The first-order valence-corrected chi connectivity index (χ1v) is 12.2. The topological polar surface area (TPSA) is 104 Å². The number of halogens is 3. The maximum absolute atomic E-state index is 15.0. The molecular formula is C24H28F3N9O. The van der Waals surface area contributed by atoms with Gasteiger partial charge in [-0.1, -0.05) is 0 Å². The highest BCUT2D eigenvalue weighted by molar-refractivity contribution is 5.82. The molecule has 13 heteroatoms. The zero-order valence-electron chi connectivity index (χ0n) is 21.5. The van der Waals surface area contributed by atoms with E-state index in [1.807, 2.05) is 0 Å². The number of nitrogens with zero attached hydrogens (tertiary/aromatic N) is 7. The minimum atomic E-state index is -2.55. The van der Waals surface area contributed by atoms with Gasteiger partial charge in [0.15, 0.2) is 11.1 Å². The maximum atomic E-state index is 15.0. The summed E-state index contributed by atoms with van der Waals surface area (Å²) in [5.74, 6) is 0.447. The van der Waals surface area contributed by atoms with Crippen molar-refractivity contribution in [1.29, 1.82) is 0 Å². The lowest BCUT2D eigenvalue weighted by Crippen LogP contribution is -2.55. The average Bonchev–Trinajstić information content (AvgIpc) is 3.35. The number of nitrogens with one attached hydrogen (secondary N) is 2. The first-order chi connectivity index (χ1) is 18.3. The van der Waals surface area contributed by atoms with Crippen LogP contribution in [0.3, 0.4) is 0 Å². The highest BCUT2D eigenvalue weighted by Crippen LogP contribution is 2.25. The van der Waals surface area contributed by atoms with E-state index in [9.17, 15) is 8.78 Å². The van der Waals surface area contributed by atoms with E-state index < -0.39 is 25.2 Å². The molecule has 6 rings (SSSR count). The number of H-pyrrole nitrogens is 2. The molecule has 2 fully saturated rings. The van der Waals surface area contributed by atoms with Crippen LogP contribution >= 0.6 is 0 Å². The normalized spacial score (nSPS) is 22.9. The summed E-state index contributed by atoms with van der Waals surface area (Å²) in [7, 11) is 1.60. The largest absolute Gasteiger partial charge is 0.378 e. The Morgan fingerprint density at radius 2 is 2.11 bits per heavy atom. The Morgan fingerprint density at radius 3 is 2.81 bits per heavy atom. The summed E-state index contributed by atoms with van der Waals surface area (Å²) in [6.45, 7) is 3.49. The van der Waals surface area contributed by atoms with Gasteiger partial charge in [0.1, 0.15) is 23.0 Å². The fourth-order valence-corrected chi connectivity index (χ4v) is 5.04. The number of ether oxygens (including phenoxy) is 1. The average molecular weight is 517 g/mol. The van der Waals surface area contributed by atoms with E-state index in [1.165, 1.54) is 9.08 Å². The molecule has 196 valence electrons. The molecule has 2 saturated heterocycles. The maximum Gasteiger partial charge on any atom is 0.256 e. The highest BCUT2D eigenvalue weighted by atomic mass is 19.3. The van der Waals surface area contributed by atoms with Crippen LogP contribution in [0.1, 0.15) is 13.6 Å². The van der Waals surface area contributed by atoms with Crippen LogP contribution in [0.4, 0.5) is 13.2 Å². The molecule has 0 aliphatic carbocycles. The van der Waals surface area contributed by atoms with E-state index >= 15 is 4.39 Å². The Kier molecular flexibility index (Phi) is 5.80. The lowest BCUT2D eigenvalue weighted by molar-refractivity contribution is -0.0803. The number of aromatic amines is 2. The van der Waals surface area contributed by atoms with E-state index in [2.05, 4.69) is 34.9 Å². The number of rotatable bonds is 5. The van der Waals surface area contributed by atoms with Crippen LogP contribution in [0.25, 0.3) is 27.9 Å². The lowest BCUT2D eigenvalue weighted by Gasteiger charge is -2.41. The van der Waals surface area contributed by atoms with E-state index in [-0.39, 0.29) is 12.2 Å². The van der Waals surface area contributed by atoms with Gasteiger partial charge in [-0.25, -0.2) is 28.1 Å². The van der Waals surface area contributed by atoms with Crippen molar-refractivity contribution in [3.8, 4) is 11.3 Å². The van der Waals surface area contributed by atoms with Crippen LogP contribution in [-0.4, -0.2) is 92.1 Å². The third-order valence-corrected chi connectivity index (χ3v) is 7.07. The third kappa shape index (κ3) is 4.35. The van der Waals surface area contributed by atoms with Crippen molar-refractivity contribution >= 4 is 16.7 Å². The molecule has 0 unspecified atom stereocenters. The number of likely N-dealkylation sites (tertiary alicyclic amines) is 1. The molecule has 0 spiro atoms. The monoisotopic (exact) mass is 516 g/mol. The Labute approximate surface area is 210 Å². The number of imidazole rings is 1. The van der Waals surface area contributed by atoms with Crippen LogP contribution < -0.4 is 11.1 Å². The van der Waals surface area contributed by atoms with Gasteiger partial charge in [0.25, 0.3) is 6.43 Å². The van der Waals surface area contributed by atoms with Crippen molar-refractivity contribution in [3.63, 3.8) is 0 Å². The van der Waals surface area contributed by atoms with Gasteiger partial charge in [-0.15, -0.1) is 0 Å². The molecular weight excluding hydrogens is 487 g/mol. The Balaban J connectivity index is 1.40. The van der Waals surface area contributed by atoms with Gasteiger partial charge in [0.05, 0.1) is 38.9 Å². The first-order valence-electron chi connectivity index (χ1n) is 12.7. The Hall–Kier alpha value is -3.45. The van der Waals surface area contributed by atoms with E-state index in [1.54, 1.807) is 32.2 Å². The second kappa shape index (κ2) is 9.45. The minimum absolute atomic E-state index is 0.112. The van der Waals surface area contributed by atoms with Crippen molar-refractivity contribution in [2.45, 2.75) is 44.6 Å². The fraction of sp³-hybridized carbons (Fsp3) is 0.500. The van der Waals surface area contributed by atoms with Crippen LogP contribution in [0, 0.1) is 6.92 Å². The number of piperidine rings is 1. The van der Waals surface area contributed by atoms with Crippen molar-refractivity contribution in [3.05, 3.63) is 41.3 Å². The van der Waals surface area contributed by atoms with Crippen molar-refractivity contribution in [2.75, 3.05) is 33.4 Å². The molecule has 0 aromatic carbocycles. The summed E-state index contributed by atoms with van der Waals surface area (Å²) in [6, 6.07) is 4.83. The molecule has 0 radical (unpaired) electrons. The van der Waals surface area contributed by atoms with Crippen LogP contribution in [0.15, 0.2) is 34.4 Å². The fourth-order valence-electron chi connectivity index (χ4n) is 5.04. The van der Waals surface area contributed by atoms with Gasteiger partial charge >= 0.3 is 0 Å². The zero-order valence-corrected chi connectivity index (χ0v) is 20.5. The first kappa shape index (κ1) is 22.7. The smallest absolute Gasteiger partial charge is 0.256 e. The summed E-state index contributed by atoms with van der Waals surface area (Å²) in [5, 5.41) is 3.07. The number of alkyl halides is 3. The van der Waals surface area contributed by atoms with Gasteiger partial charge in [0.2, 0.25) is 5.62 Å². The number of pyridine rings is 1. The van der Waals surface area contributed by atoms with E-state index in [4.69, 9.17) is 6.11 Å². The summed E-state index contributed by atoms with van der Waals surface area (Å²) < 4.78 is 58.1. The zero-order chi connectivity index (χ0) is 26.6. The summed E-state index contributed by atoms with van der Waals surface area (Å²) in [6.07, 6.45) is -3.00. The second-order valence-electron chi connectivity index (χ2n) is 9.42. The van der Waals surface area contributed by atoms with E-state index in [0.29, 0.717) is 71.0 Å². The van der Waals surface area contributed by atoms with Gasteiger partial charge < -0.3 is 14.3 Å². The van der Waals surface area contributed by atoms with Gasteiger partial charge in [-0.2, -0.15) is 0 Å². The number of fused-ring (bicyclic) bond motifs is 2. The summed E-state index contributed by atoms with van der Waals surface area (Å²) >= 11 is 0. The summed E-state index contributed by atoms with van der Waals surface area (Å²) in [5.41, 5.74) is 3.18. The summed E-state index contributed by atoms with van der Waals surface area (Å²) in [4.78, 5) is 23.2. The lowest BCUT2D eigenvalue weighted by atomic mass is 10.0. The molecule has 0 bridgehead atoms. The Bertz CT molecular complexity index is 1630. The standard InChI is InChI=1S/C24H28F3N9O/c1-13-29-19-4-3-17(30-23(19)35(13)10-20(26)27)15-5-8-36-21(15)22(28-2)32-24(33-36)31-18-6-7-34(9-16(18)25)14-11-37-12-14/h3-5,8,14,16,18,20H,6-7,9-12H2,1-2H3,(H2,28,31,32,33)/t16-,18+/m0/s1/i8D. The Morgan fingerprint density at radius 1 is 1.27 bits per heavy atom. The van der Waals surface area contributed by atoms with E-state index in [0.717, 1.165) is 6.54 Å². The molecule has 2 atom stereocenters. The molecule has 2 N–H and O–H groups in total.